The molecule has 0 spiro atoms. The highest BCUT2D eigenvalue weighted by Crippen LogP contribution is 2.24. The van der Waals surface area contributed by atoms with Crippen LogP contribution >= 0.6 is 11.8 Å². The molecule has 6 heteroatoms. The van der Waals surface area contributed by atoms with Crippen molar-refractivity contribution in [3.8, 4) is 0 Å². The highest BCUT2D eigenvalue weighted by Gasteiger charge is 2.30. The lowest BCUT2D eigenvalue weighted by atomic mass is 10.2. The van der Waals surface area contributed by atoms with Gasteiger partial charge in [0, 0.05) is 12.0 Å². The number of thioether (sulfide) groups is 1. The van der Waals surface area contributed by atoms with Crippen LogP contribution in [0.2, 0.25) is 0 Å². The molecule has 0 radical (unpaired) electrons. The van der Waals surface area contributed by atoms with Crippen molar-refractivity contribution in [3.63, 3.8) is 0 Å². The fourth-order valence-corrected chi connectivity index (χ4v) is 3.30. The molecule has 2 aromatic rings. The van der Waals surface area contributed by atoms with Gasteiger partial charge in [0.15, 0.2) is 5.76 Å². The molecule has 3 rings (SSSR count). The highest BCUT2D eigenvalue weighted by molar-refractivity contribution is 7.98. The van der Waals surface area contributed by atoms with E-state index < -0.39 is 0 Å². The van der Waals surface area contributed by atoms with Crippen LogP contribution in [0.25, 0.3) is 0 Å². The lowest BCUT2D eigenvalue weighted by Crippen LogP contribution is -2.43. The molecule has 1 N–H and O–H groups in total. The number of aryl methyl sites for hydroxylation is 1. The molecule has 1 amide bonds. The van der Waals surface area contributed by atoms with Gasteiger partial charge in [-0.3, -0.25) is 4.79 Å². The zero-order valence-electron chi connectivity index (χ0n) is 13.8. The molecule has 24 heavy (non-hydrogen) atoms. The summed E-state index contributed by atoms with van der Waals surface area (Å²) in [7, 11) is 1.62. The van der Waals surface area contributed by atoms with Crippen LogP contribution in [0.3, 0.4) is 0 Å². The summed E-state index contributed by atoms with van der Waals surface area (Å²) < 4.78 is 16.3. The van der Waals surface area contributed by atoms with Crippen molar-refractivity contribution in [2.45, 2.75) is 29.7 Å². The zero-order chi connectivity index (χ0) is 16.9. The summed E-state index contributed by atoms with van der Waals surface area (Å²) in [6, 6.07) is 11.7. The Kier molecular flexibility index (Phi) is 5.60. The minimum absolute atomic E-state index is 0.111. The van der Waals surface area contributed by atoms with Crippen LogP contribution in [-0.4, -0.2) is 38.4 Å². The molecule has 1 aliphatic rings. The lowest BCUT2D eigenvalue weighted by Gasteiger charge is -2.16. The van der Waals surface area contributed by atoms with Crippen molar-refractivity contribution < 1.29 is 18.7 Å². The van der Waals surface area contributed by atoms with Crippen LogP contribution in [0.4, 0.5) is 0 Å². The molecule has 5 nitrogen and oxygen atoms in total. The second-order valence-electron chi connectivity index (χ2n) is 5.76. The summed E-state index contributed by atoms with van der Waals surface area (Å²) in [5, 5.41) is 2.90. The Morgan fingerprint density at radius 2 is 2.04 bits per heavy atom. The van der Waals surface area contributed by atoms with Crippen LogP contribution in [0.15, 0.2) is 45.7 Å². The fraction of sp³-hybridized carbons (Fsp3) is 0.389. The van der Waals surface area contributed by atoms with Gasteiger partial charge in [-0.2, -0.15) is 0 Å². The Balaban J connectivity index is 1.54. The minimum Gasteiger partial charge on any atom is -0.455 e. The second-order valence-corrected chi connectivity index (χ2v) is 6.81. The monoisotopic (exact) mass is 347 g/mol. The number of benzene rings is 1. The van der Waals surface area contributed by atoms with Gasteiger partial charge in [0.05, 0.1) is 25.0 Å². The number of methoxy groups -OCH3 is 1. The number of hydrogen-bond acceptors (Lipinski definition) is 5. The molecular formula is C18H21NO4S. The first-order valence-corrected chi connectivity index (χ1v) is 8.84. The summed E-state index contributed by atoms with van der Waals surface area (Å²) >= 11 is 1.68. The van der Waals surface area contributed by atoms with Crippen LogP contribution in [0.1, 0.15) is 21.9 Å². The molecule has 1 fully saturated rings. The molecule has 1 aromatic heterocycles. The van der Waals surface area contributed by atoms with Gasteiger partial charge < -0.3 is 19.2 Å². The molecule has 0 unspecified atom stereocenters. The third-order valence-electron chi connectivity index (χ3n) is 3.94. The van der Waals surface area contributed by atoms with Gasteiger partial charge in [-0.25, -0.2) is 0 Å². The Labute approximate surface area is 145 Å². The number of ether oxygens (including phenoxy) is 2. The summed E-state index contributed by atoms with van der Waals surface area (Å²) in [6.07, 6.45) is -0.111. The van der Waals surface area contributed by atoms with Gasteiger partial charge in [0.2, 0.25) is 0 Å². The highest BCUT2D eigenvalue weighted by atomic mass is 32.2. The van der Waals surface area contributed by atoms with E-state index in [0.717, 1.165) is 5.76 Å². The summed E-state index contributed by atoms with van der Waals surface area (Å²) in [5.74, 6) is 1.54. The number of furan rings is 1. The number of carbonyl (C=O) groups is 1. The van der Waals surface area contributed by atoms with E-state index in [1.165, 1.54) is 10.5 Å². The van der Waals surface area contributed by atoms with E-state index >= 15 is 0 Å². The Hall–Kier alpha value is -1.76. The zero-order valence-corrected chi connectivity index (χ0v) is 14.6. The second kappa shape index (κ2) is 7.88. The molecule has 128 valence electrons. The van der Waals surface area contributed by atoms with Gasteiger partial charge in [0.25, 0.3) is 5.91 Å². The third-order valence-corrected chi connectivity index (χ3v) is 4.97. The Bertz CT molecular complexity index is 683. The van der Waals surface area contributed by atoms with Crippen molar-refractivity contribution in [2.75, 3.05) is 20.3 Å². The van der Waals surface area contributed by atoms with Gasteiger partial charge in [-0.1, -0.05) is 17.7 Å². The molecule has 0 aliphatic carbocycles. The van der Waals surface area contributed by atoms with E-state index in [-0.39, 0.29) is 18.1 Å². The van der Waals surface area contributed by atoms with Crippen molar-refractivity contribution in [1.82, 2.24) is 5.32 Å². The van der Waals surface area contributed by atoms with E-state index in [9.17, 15) is 4.79 Å². The first kappa shape index (κ1) is 17.1. The van der Waals surface area contributed by atoms with E-state index in [1.54, 1.807) is 24.9 Å². The normalized spacial score (nSPS) is 20.2. The smallest absolute Gasteiger partial charge is 0.287 e. The van der Waals surface area contributed by atoms with E-state index in [0.29, 0.717) is 24.7 Å². The van der Waals surface area contributed by atoms with Crippen LogP contribution in [-0.2, 0) is 15.2 Å². The molecule has 1 aliphatic heterocycles. The van der Waals surface area contributed by atoms with Gasteiger partial charge >= 0.3 is 0 Å². The summed E-state index contributed by atoms with van der Waals surface area (Å²) in [5.41, 5.74) is 1.24. The van der Waals surface area contributed by atoms with Crippen LogP contribution < -0.4 is 5.32 Å². The van der Waals surface area contributed by atoms with E-state index in [2.05, 4.69) is 36.5 Å². The van der Waals surface area contributed by atoms with Crippen molar-refractivity contribution in [3.05, 3.63) is 53.5 Å². The summed E-state index contributed by atoms with van der Waals surface area (Å²) in [6.45, 7) is 3.02. The number of nitrogens with one attached hydrogen (secondary N) is 1. The number of hydrogen-bond donors (Lipinski definition) is 1. The number of amides is 1. The van der Waals surface area contributed by atoms with Crippen molar-refractivity contribution in [1.29, 1.82) is 0 Å². The molecule has 1 aromatic carbocycles. The molecule has 2 atom stereocenters. The molecule has 1 saturated heterocycles. The topological polar surface area (TPSA) is 60.7 Å². The largest absolute Gasteiger partial charge is 0.455 e. The van der Waals surface area contributed by atoms with Crippen molar-refractivity contribution in [2.24, 2.45) is 0 Å². The third kappa shape index (κ3) is 4.20. The van der Waals surface area contributed by atoms with Crippen LogP contribution in [0, 0.1) is 6.92 Å². The average molecular weight is 347 g/mol. The molecule has 0 bridgehead atoms. The first-order valence-electron chi connectivity index (χ1n) is 7.85. The van der Waals surface area contributed by atoms with Crippen molar-refractivity contribution >= 4 is 17.7 Å². The summed E-state index contributed by atoms with van der Waals surface area (Å²) in [4.78, 5) is 13.4. The Morgan fingerprint density at radius 1 is 1.25 bits per heavy atom. The van der Waals surface area contributed by atoms with E-state index in [4.69, 9.17) is 13.9 Å². The maximum atomic E-state index is 12.3. The van der Waals surface area contributed by atoms with Gasteiger partial charge in [0.1, 0.15) is 11.9 Å². The predicted octanol–water partition coefficient (Wildman–Crippen LogP) is 3.02. The number of carbonyl (C=O) groups excluding carboxylic acids is 1. The minimum atomic E-state index is -0.237. The maximum absolute atomic E-state index is 12.3. The lowest BCUT2D eigenvalue weighted by molar-refractivity contribution is 0.0676. The van der Waals surface area contributed by atoms with Gasteiger partial charge in [-0.15, -0.1) is 11.8 Å². The van der Waals surface area contributed by atoms with Crippen LogP contribution in [0.5, 0.6) is 0 Å². The molecule has 2 heterocycles. The first-order chi connectivity index (χ1) is 11.7. The average Bonchev–Trinajstić information content (AvgIpc) is 3.23. The SMILES string of the molecule is CO[C@H]1COC[C@@H]1NC(=O)c1ccc(CSc2ccc(C)cc2)o1. The predicted molar refractivity (Wildman–Crippen MR) is 92.3 cm³/mol. The van der Waals surface area contributed by atoms with E-state index in [1.807, 2.05) is 6.07 Å². The fourth-order valence-electron chi connectivity index (χ4n) is 2.51. The Morgan fingerprint density at radius 3 is 2.79 bits per heavy atom. The molecule has 0 saturated carbocycles. The maximum Gasteiger partial charge on any atom is 0.287 e. The molecular weight excluding hydrogens is 326 g/mol. The van der Waals surface area contributed by atoms with Gasteiger partial charge in [-0.05, 0) is 31.2 Å². The standard InChI is InChI=1S/C18H21NO4S/c1-12-3-6-14(7-4-12)24-11-13-5-8-16(23-13)18(20)19-15-9-22-10-17(15)21-2/h3-8,15,17H,9-11H2,1-2H3,(H,19,20)/t15-,17-/m0/s1. The quantitative estimate of drug-likeness (QED) is 0.814. The number of rotatable bonds is 6.